The highest BCUT2D eigenvalue weighted by Gasteiger charge is 2.07. The number of amides is 1. The zero-order valence-electron chi connectivity index (χ0n) is 9.66. The summed E-state index contributed by atoms with van der Waals surface area (Å²) in [6, 6.07) is 0. The molecule has 0 fully saturated rings. The number of ether oxygens (including phenoxy) is 1. The monoisotopic (exact) mass is 229 g/mol. The predicted octanol–water partition coefficient (Wildman–Crippen LogP) is 0.944. The molecule has 0 aromatic rings. The maximum absolute atomic E-state index is 10.8. The van der Waals surface area contributed by atoms with Crippen molar-refractivity contribution < 1.29 is 19.1 Å². The van der Waals surface area contributed by atoms with E-state index in [-0.39, 0.29) is 12.4 Å². The van der Waals surface area contributed by atoms with Gasteiger partial charge in [0.2, 0.25) is 5.78 Å². The van der Waals surface area contributed by atoms with Gasteiger partial charge < -0.3 is 10.5 Å². The highest BCUT2D eigenvalue weighted by Crippen LogP contribution is 2.07. The molecule has 0 atom stereocenters. The van der Waals surface area contributed by atoms with Crippen LogP contribution < -0.4 is 5.73 Å². The average molecular weight is 229 g/mol. The Morgan fingerprint density at radius 1 is 0.938 bits per heavy atom. The van der Waals surface area contributed by atoms with Crippen LogP contribution in [0.1, 0.15) is 44.9 Å². The first-order valence-corrected chi connectivity index (χ1v) is 5.47. The molecule has 0 aliphatic heterocycles. The van der Waals surface area contributed by atoms with E-state index in [1.54, 1.807) is 0 Å². The fraction of sp³-hybridized carbons (Fsp3) is 0.727. The summed E-state index contributed by atoms with van der Waals surface area (Å²) in [5, 5.41) is 0. The van der Waals surface area contributed by atoms with Gasteiger partial charge in [-0.05, 0) is 12.8 Å². The van der Waals surface area contributed by atoms with Gasteiger partial charge in [-0.25, -0.2) is 0 Å². The fourth-order valence-electron chi connectivity index (χ4n) is 1.31. The number of carbonyl (C=O) groups excluding carboxylic acids is 3. The van der Waals surface area contributed by atoms with Crippen LogP contribution in [-0.4, -0.2) is 24.8 Å². The molecule has 16 heavy (non-hydrogen) atoms. The zero-order chi connectivity index (χ0) is 12.4. The van der Waals surface area contributed by atoms with Crippen molar-refractivity contribution in [1.29, 1.82) is 0 Å². The van der Waals surface area contributed by atoms with Crippen LogP contribution in [0.3, 0.4) is 0 Å². The molecule has 2 N–H and O–H groups in total. The van der Waals surface area contributed by atoms with Crippen LogP contribution in [-0.2, 0) is 19.1 Å². The SMILES string of the molecule is COC(=O)CCCCCCCC(=O)C(N)=O. The lowest BCUT2D eigenvalue weighted by molar-refractivity contribution is -0.140. The van der Waals surface area contributed by atoms with Crippen molar-refractivity contribution in [2.24, 2.45) is 5.73 Å². The van der Waals surface area contributed by atoms with Gasteiger partial charge >= 0.3 is 5.97 Å². The number of hydrogen-bond acceptors (Lipinski definition) is 4. The van der Waals surface area contributed by atoms with Gasteiger partial charge in [0.25, 0.3) is 5.91 Å². The van der Waals surface area contributed by atoms with Crippen LogP contribution in [0.25, 0.3) is 0 Å². The number of rotatable bonds is 9. The summed E-state index contributed by atoms with van der Waals surface area (Å²) in [7, 11) is 1.37. The number of primary amides is 1. The second-order valence-corrected chi connectivity index (χ2v) is 3.63. The molecule has 1 amide bonds. The van der Waals surface area contributed by atoms with Gasteiger partial charge in [-0.3, -0.25) is 14.4 Å². The molecule has 5 heteroatoms. The van der Waals surface area contributed by atoms with Crippen molar-refractivity contribution in [2.75, 3.05) is 7.11 Å². The number of esters is 1. The Bertz CT molecular complexity index is 250. The van der Waals surface area contributed by atoms with Crippen molar-refractivity contribution in [3.63, 3.8) is 0 Å². The molecule has 0 radical (unpaired) electrons. The fourth-order valence-corrected chi connectivity index (χ4v) is 1.31. The summed E-state index contributed by atoms with van der Waals surface area (Å²) in [6.45, 7) is 0. The molecule has 0 heterocycles. The number of carbonyl (C=O) groups is 3. The zero-order valence-corrected chi connectivity index (χ0v) is 9.66. The molecule has 0 saturated heterocycles. The summed E-state index contributed by atoms with van der Waals surface area (Å²) >= 11 is 0. The van der Waals surface area contributed by atoms with Gasteiger partial charge in [-0.2, -0.15) is 0 Å². The molecule has 0 aromatic heterocycles. The molecular formula is C11H19NO4. The number of methoxy groups -OCH3 is 1. The van der Waals surface area contributed by atoms with E-state index in [0.717, 1.165) is 25.7 Å². The molecule has 0 bridgehead atoms. The lowest BCUT2D eigenvalue weighted by atomic mass is 10.1. The smallest absolute Gasteiger partial charge is 0.305 e. The van der Waals surface area contributed by atoms with E-state index in [9.17, 15) is 14.4 Å². The normalized spacial score (nSPS) is 9.81. The second-order valence-electron chi connectivity index (χ2n) is 3.63. The quantitative estimate of drug-likeness (QED) is 0.362. The molecule has 0 saturated carbocycles. The van der Waals surface area contributed by atoms with Gasteiger partial charge in [0, 0.05) is 12.8 Å². The molecule has 92 valence electrons. The molecule has 0 aliphatic carbocycles. The first kappa shape index (κ1) is 14.6. The first-order chi connectivity index (χ1) is 7.57. The minimum atomic E-state index is -0.856. The molecule has 0 aliphatic rings. The van der Waals surface area contributed by atoms with E-state index >= 15 is 0 Å². The van der Waals surface area contributed by atoms with Gasteiger partial charge in [-0.1, -0.05) is 19.3 Å². The third-order valence-corrected chi connectivity index (χ3v) is 2.29. The number of hydrogen-bond donors (Lipinski definition) is 1. The number of Topliss-reactive ketones (excluding diaryl/α,β-unsaturated/α-hetero) is 1. The summed E-state index contributed by atoms with van der Waals surface area (Å²) < 4.78 is 4.50. The maximum atomic E-state index is 10.8. The van der Waals surface area contributed by atoms with E-state index in [1.165, 1.54) is 7.11 Å². The standard InChI is InChI=1S/C11H19NO4/c1-16-10(14)8-6-4-2-3-5-7-9(13)11(12)15/h2-8H2,1H3,(H2,12,15). The molecule has 0 aromatic carbocycles. The van der Waals surface area contributed by atoms with Crippen LogP contribution in [0, 0.1) is 0 Å². The van der Waals surface area contributed by atoms with Crippen molar-refractivity contribution >= 4 is 17.7 Å². The summed E-state index contributed by atoms with van der Waals surface area (Å²) in [6.07, 6.45) is 4.91. The molecule has 5 nitrogen and oxygen atoms in total. The molecule has 0 spiro atoms. The highest BCUT2D eigenvalue weighted by molar-refractivity contribution is 6.35. The van der Waals surface area contributed by atoms with Crippen molar-refractivity contribution in [2.45, 2.75) is 44.9 Å². The van der Waals surface area contributed by atoms with Gasteiger partial charge in [0.1, 0.15) is 0 Å². The predicted molar refractivity (Wildman–Crippen MR) is 58.5 cm³/mol. The van der Waals surface area contributed by atoms with Crippen LogP contribution >= 0.6 is 0 Å². The van der Waals surface area contributed by atoms with Crippen LogP contribution in [0.15, 0.2) is 0 Å². The van der Waals surface area contributed by atoms with Crippen molar-refractivity contribution in [3.8, 4) is 0 Å². The topological polar surface area (TPSA) is 86.5 Å². The summed E-state index contributed by atoms with van der Waals surface area (Å²) in [5.41, 5.74) is 4.81. The Balaban J connectivity index is 3.25. The number of nitrogens with two attached hydrogens (primary N) is 1. The largest absolute Gasteiger partial charge is 0.469 e. The third-order valence-electron chi connectivity index (χ3n) is 2.29. The van der Waals surface area contributed by atoms with E-state index in [1.807, 2.05) is 0 Å². The number of ketones is 1. The summed E-state index contributed by atoms with van der Waals surface area (Å²) in [4.78, 5) is 32.0. The van der Waals surface area contributed by atoms with Crippen molar-refractivity contribution in [1.82, 2.24) is 0 Å². The minimum absolute atomic E-state index is 0.191. The summed E-state index contributed by atoms with van der Waals surface area (Å²) in [5.74, 6) is -1.55. The Hall–Kier alpha value is -1.39. The van der Waals surface area contributed by atoms with E-state index in [2.05, 4.69) is 4.74 Å². The molecule has 0 rings (SSSR count). The lowest BCUT2D eigenvalue weighted by Crippen LogP contribution is -2.22. The number of unbranched alkanes of at least 4 members (excludes halogenated alkanes) is 4. The van der Waals surface area contributed by atoms with Crippen LogP contribution in [0.5, 0.6) is 0 Å². The Kier molecular flexibility index (Phi) is 8.11. The van der Waals surface area contributed by atoms with Gasteiger partial charge in [-0.15, -0.1) is 0 Å². The molecular weight excluding hydrogens is 210 g/mol. The van der Waals surface area contributed by atoms with E-state index < -0.39 is 11.7 Å². The highest BCUT2D eigenvalue weighted by atomic mass is 16.5. The Morgan fingerprint density at radius 2 is 1.44 bits per heavy atom. The van der Waals surface area contributed by atoms with Crippen molar-refractivity contribution in [3.05, 3.63) is 0 Å². The van der Waals surface area contributed by atoms with E-state index in [0.29, 0.717) is 12.8 Å². The van der Waals surface area contributed by atoms with Gasteiger partial charge in [0.15, 0.2) is 0 Å². The Labute approximate surface area is 95.3 Å². The average Bonchev–Trinajstić information content (AvgIpc) is 2.26. The minimum Gasteiger partial charge on any atom is -0.469 e. The van der Waals surface area contributed by atoms with Crippen LogP contribution in [0.4, 0.5) is 0 Å². The van der Waals surface area contributed by atoms with Gasteiger partial charge in [0.05, 0.1) is 7.11 Å². The van der Waals surface area contributed by atoms with E-state index in [4.69, 9.17) is 5.73 Å². The molecule has 0 unspecified atom stereocenters. The first-order valence-electron chi connectivity index (χ1n) is 5.47. The maximum Gasteiger partial charge on any atom is 0.305 e. The third kappa shape index (κ3) is 7.96. The lowest BCUT2D eigenvalue weighted by Gasteiger charge is -2.00. The Morgan fingerprint density at radius 3 is 1.94 bits per heavy atom. The second kappa shape index (κ2) is 8.88. The van der Waals surface area contributed by atoms with Crippen LogP contribution in [0.2, 0.25) is 0 Å².